The lowest BCUT2D eigenvalue weighted by atomic mass is 9.97. The van der Waals surface area contributed by atoms with Gasteiger partial charge in [0, 0.05) is 24.3 Å². The van der Waals surface area contributed by atoms with Crippen LogP contribution in [0, 0.1) is 11.3 Å². The summed E-state index contributed by atoms with van der Waals surface area (Å²) in [5, 5.41) is 22.1. The SMILES string of the molecule is COc1cccc([C@@H](C)CC(=O)Nc2sc3c(c2C#N)CCN(C(=O)CCO)C3)c1. The highest BCUT2D eigenvalue weighted by Crippen LogP contribution is 2.37. The van der Waals surface area contributed by atoms with Crippen LogP contribution in [0.4, 0.5) is 5.00 Å². The lowest BCUT2D eigenvalue weighted by Gasteiger charge is -2.26. The predicted molar refractivity (Wildman–Crippen MR) is 115 cm³/mol. The molecule has 1 aromatic heterocycles. The van der Waals surface area contributed by atoms with Crippen LogP contribution in [0.3, 0.4) is 0 Å². The third kappa shape index (κ3) is 4.81. The Morgan fingerprint density at radius 3 is 2.93 bits per heavy atom. The fourth-order valence-electron chi connectivity index (χ4n) is 3.60. The van der Waals surface area contributed by atoms with E-state index in [0.29, 0.717) is 30.1 Å². The van der Waals surface area contributed by atoms with Crippen LogP contribution in [-0.2, 0) is 22.6 Å². The number of fused-ring (bicyclic) bond motifs is 1. The van der Waals surface area contributed by atoms with E-state index in [-0.39, 0.29) is 37.2 Å². The van der Waals surface area contributed by atoms with Crippen LogP contribution in [0.15, 0.2) is 24.3 Å². The molecule has 0 aliphatic carbocycles. The highest BCUT2D eigenvalue weighted by Gasteiger charge is 2.27. The third-order valence-corrected chi connectivity index (χ3v) is 6.39. The van der Waals surface area contributed by atoms with Gasteiger partial charge in [0.25, 0.3) is 0 Å². The van der Waals surface area contributed by atoms with Crippen molar-refractivity contribution in [1.29, 1.82) is 5.26 Å². The van der Waals surface area contributed by atoms with Crippen molar-refractivity contribution < 1.29 is 19.4 Å². The Labute approximate surface area is 179 Å². The number of anilines is 1. The number of aliphatic hydroxyl groups excluding tert-OH is 1. The maximum Gasteiger partial charge on any atom is 0.225 e. The Hall–Kier alpha value is -2.89. The molecule has 2 amide bonds. The first-order valence-corrected chi connectivity index (χ1v) is 10.7. The summed E-state index contributed by atoms with van der Waals surface area (Å²) >= 11 is 1.35. The summed E-state index contributed by atoms with van der Waals surface area (Å²) in [4.78, 5) is 27.3. The normalized spacial score (nSPS) is 13.9. The van der Waals surface area contributed by atoms with Crippen molar-refractivity contribution in [2.75, 3.05) is 25.6 Å². The van der Waals surface area contributed by atoms with Gasteiger partial charge in [0.1, 0.15) is 16.8 Å². The van der Waals surface area contributed by atoms with Crippen molar-refractivity contribution in [2.45, 2.75) is 38.6 Å². The topological polar surface area (TPSA) is 103 Å². The van der Waals surface area contributed by atoms with Crippen molar-refractivity contribution >= 4 is 28.2 Å². The van der Waals surface area contributed by atoms with Gasteiger partial charge in [-0.3, -0.25) is 9.59 Å². The van der Waals surface area contributed by atoms with Crippen molar-refractivity contribution in [2.24, 2.45) is 0 Å². The minimum absolute atomic E-state index is 0.00758. The van der Waals surface area contributed by atoms with Crippen LogP contribution in [-0.4, -0.2) is 42.1 Å². The number of ether oxygens (including phenoxy) is 1. The molecular formula is C22H25N3O4S. The van der Waals surface area contributed by atoms with Crippen LogP contribution >= 0.6 is 11.3 Å². The van der Waals surface area contributed by atoms with Gasteiger partial charge in [-0.15, -0.1) is 11.3 Å². The molecule has 1 aliphatic rings. The molecule has 158 valence electrons. The van der Waals surface area contributed by atoms with Gasteiger partial charge in [-0.1, -0.05) is 19.1 Å². The van der Waals surface area contributed by atoms with Crippen LogP contribution in [0.2, 0.25) is 0 Å². The summed E-state index contributed by atoms with van der Waals surface area (Å²) in [5.41, 5.74) is 2.41. The molecular weight excluding hydrogens is 402 g/mol. The minimum Gasteiger partial charge on any atom is -0.497 e. The number of nitrogens with zero attached hydrogens (tertiary/aromatic N) is 2. The molecule has 0 spiro atoms. The summed E-state index contributed by atoms with van der Waals surface area (Å²) < 4.78 is 5.25. The Kier molecular flexibility index (Phi) is 7.08. The molecule has 1 aromatic carbocycles. The summed E-state index contributed by atoms with van der Waals surface area (Å²) in [6, 6.07) is 9.85. The summed E-state index contributed by atoms with van der Waals surface area (Å²) in [5.74, 6) is 0.478. The number of nitrogens with one attached hydrogen (secondary N) is 1. The number of carbonyl (C=O) groups is 2. The van der Waals surface area contributed by atoms with Crippen molar-refractivity contribution in [3.8, 4) is 11.8 Å². The van der Waals surface area contributed by atoms with Gasteiger partial charge < -0.3 is 20.1 Å². The molecule has 1 atom stereocenters. The molecule has 0 fully saturated rings. The van der Waals surface area contributed by atoms with Gasteiger partial charge in [0.2, 0.25) is 11.8 Å². The van der Waals surface area contributed by atoms with E-state index in [9.17, 15) is 14.9 Å². The smallest absolute Gasteiger partial charge is 0.225 e. The average molecular weight is 428 g/mol. The van der Waals surface area contributed by atoms with Crippen LogP contribution < -0.4 is 10.1 Å². The van der Waals surface area contributed by atoms with Crippen molar-refractivity contribution in [3.05, 3.63) is 45.8 Å². The highest BCUT2D eigenvalue weighted by molar-refractivity contribution is 7.16. The number of rotatable bonds is 7. The maximum atomic E-state index is 12.7. The highest BCUT2D eigenvalue weighted by atomic mass is 32.1. The first-order valence-electron chi connectivity index (χ1n) is 9.83. The lowest BCUT2D eigenvalue weighted by molar-refractivity contribution is -0.132. The molecule has 1 aliphatic heterocycles. The monoisotopic (exact) mass is 427 g/mol. The van der Waals surface area contributed by atoms with Gasteiger partial charge in [0.15, 0.2) is 0 Å². The summed E-state index contributed by atoms with van der Waals surface area (Å²) in [7, 11) is 1.61. The standard InChI is InChI=1S/C22H25N3O4S/c1-14(15-4-3-5-16(11-15)29-2)10-20(27)24-22-18(12-23)17-6-8-25(13-19(17)30-22)21(28)7-9-26/h3-5,11,14,26H,6-10,13H2,1-2H3,(H,24,27)/t14-/m0/s1. The second-order valence-corrected chi connectivity index (χ2v) is 8.39. The van der Waals surface area contributed by atoms with Crippen LogP contribution in [0.5, 0.6) is 5.75 Å². The Balaban J connectivity index is 1.70. The number of hydrogen-bond donors (Lipinski definition) is 2. The maximum absolute atomic E-state index is 12.7. The van der Waals surface area contributed by atoms with E-state index in [0.717, 1.165) is 21.8 Å². The predicted octanol–water partition coefficient (Wildman–Crippen LogP) is 3.03. The van der Waals surface area contributed by atoms with E-state index in [1.54, 1.807) is 12.0 Å². The Morgan fingerprint density at radius 1 is 1.43 bits per heavy atom. The zero-order chi connectivity index (χ0) is 21.7. The Bertz CT molecular complexity index is 979. The molecule has 0 unspecified atom stereocenters. The average Bonchev–Trinajstić information content (AvgIpc) is 3.09. The number of amides is 2. The molecule has 30 heavy (non-hydrogen) atoms. The fourth-order valence-corrected chi connectivity index (χ4v) is 4.83. The van der Waals surface area contributed by atoms with Gasteiger partial charge in [0.05, 0.1) is 25.8 Å². The van der Waals surface area contributed by atoms with E-state index >= 15 is 0 Å². The molecule has 0 saturated carbocycles. The van der Waals surface area contributed by atoms with Gasteiger partial charge in [-0.25, -0.2) is 0 Å². The number of nitriles is 1. The van der Waals surface area contributed by atoms with E-state index in [4.69, 9.17) is 9.84 Å². The summed E-state index contributed by atoms with van der Waals surface area (Å²) in [6.45, 7) is 2.72. The number of benzene rings is 1. The minimum atomic E-state index is -0.178. The molecule has 0 saturated heterocycles. The van der Waals surface area contributed by atoms with Gasteiger partial charge >= 0.3 is 0 Å². The first-order chi connectivity index (χ1) is 14.5. The number of hydrogen-bond acceptors (Lipinski definition) is 6. The second-order valence-electron chi connectivity index (χ2n) is 7.29. The lowest BCUT2D eigenvalue weighted by Crippen LogP contribution is -2.35. The van der Waals surface area contributed by atoms with E-state index in [2.05, 4.69) is 11.4 Å². The molecule has 2 heterocycles. The largest absolute Gasteiger partial charge is 0.497 e. The molecule has 2 N–H and O–H groups in total. The number of carbonyl (C=O) groups excluding carboxylic acids is 2. The van der Waals surface area contributed by atoms with Crippen molar-refractivity contribution in [3.63, 3.8) is 0 Å². The first kappa shape index (κ1) is 21.8. The summed E-state index contributed by atoms with van der Waals surface area (Å²) in [6.07, 6.45) is 0.946. The molecule has 8 heteroatoms. The molecule has 7 nitrogen and oxygen atoms in total. The van der Waals surface area contributed by atoms with E-state index in [1.807, 2.05) is 31.2 Å². The fraction of sp³-hybridized carbons (Fsp3) is 0.409. The molecule has 0 bridgehead atoms. The molecule has 3 rings (SSSR count). The zero-order valence-corrected chi connectivity index (χ0v) is 17.9. The van der Waals surface area contributed by atoms with E-state index < -0.39 is 0 Å². The number of methoxy groups -OCH3 is 1. The number of thiophene rings is 1. The molecule has 2 aromatic rings. The second kappa shape index (κ2) is 9.74. The van der Waals surface area contributed by atoms with Gasteiger partial charge in [-0.2, -0.15) is 5.26 Å². The van der Waals surface area contributed by atoms with E-state index in [1.165, 1.54) is 11.3 Å². The van der Waals surface area contributed by atoms with Crippen molar-refractivity contribution in [1.82, 2.24) is 4.90 Å². The molecule has 0 radical (unpaired) electrons. The number of aliphatic hydroxyl groups is 1. The van der Waals surface area contributed by atoms with Crippen LogP contribution in [0.1, 0.15) is 47.3 Å². The zero-order valence-electron chi connectivity index (χ0n) is 17.1. The Morgan fingerprint density at radius 2 is 2.23 bits per heavy atom. The van der Waals surface area contributed by atoms with Gasteiger partial charge in [-0.05, 0) is 35.6 Å². The quantitative estimate of drug-likeness (QED) is 0.707. The third-order valence-electron chi connectivity index (χ3n) is 5.25. The van der Waals surface area contributed by atoms with Crippen LogP contribution in [0.25, 0.3) is 0 Å².